The molecule has 9 heteroatoms. The molecule has 208 valence electrons. The number of piperidine rings is 1. The number of alkyl halides is 3. The van der Waals surface area contributed by atoms with E-state index in [0.29, 0.717) is 35.6 Å². The number of rotatable bonds is 4. The van der Waals surface area contributed by atoms with E-state index in [1.165, 1.54) is 12.1 Å². The number of anilines is 1. The number of nitrogen functional groups attached to an aromatic ring is 1. The molecule has 2 N–H and O–H groups in total. The number of nitrogens with two attached hydrogens (primary N) is 1. The van der Waals surface area contributed by atoms with Crippen molar-refractivity contribution in [2.75, 3.05) is 12.3 Å². The Morgan fingerprint density at radius 3 is 2.55 bits per heavy atom. The van der Waals surface area contributed by atoms with E-state index in [9.17, 15) is 18.0 Å². The van der Waals surface area contributed by atoms with E-state index in [0.717, 1.165) is 35.9 Å². The fraction of sp³-hybridized carbons (Fsp3) is 0.387. The lowest BCUT2D eigenvalue weighted by Gasteiger charge is -2.39. The third-order valence-electron chi connectivity index (χ3n) is 8.78. The number of imidazole rings is 1. The van der Waals surface area contributed by atoms with Crippen LogP contribution in [0.5, 0.6) is 0 Å². The van der Waals surface area contributed by atoms with Gasteiger partial charge < -0.3 is 10.6 Å². The molecular weight excluding hydrogens is 515 g/mol. The highest BCUT2D eigenvalue weighted by Crippen LogP contribution is 2.45. The smallest absolute Gasteiger partial charge is 0.382 e. The first kappa shape index (κ1) is 26.3. The SMILES string of the molecule is C[C@@H](c1ccc(-c2nc([C@H]3CC[C@H]4N(C3)C(=O)CC4(C)C)n3ccnc(N)c23)cc1)c1cccc(C(F)(F)F)c1. The molecule has 2 aromatic heterocycles. The summed E-state index contributed by atoms with van der Waals surface area (Å²) in [7, 11) is 0. The first-order chi connectivity index (χ1) is 18.9. The number of halogens is 3. The summed E-state index contributed by atoms with van der Waals surface area (Å²) < 4.78 is 41.7. The van der Waals surface area contributed by atoms with Crippen molar-refractivity contribution >= 4 is 17.2 Å². The van der Waals surface area contributed by atoms with Gasteiger partial charge in [0.15, 0.2) is 0 Å². The molecule has 2 aromatic carbocycles. The highest BCUT2D eigenvalue weighted by Gasteiger charge is 2.48. The highest BCUT2D eigenvalue weighted by molar-refractivity contribution is 5.85. The van der Waals surface area contributed by atoms with Crippen LogP contribution >= 0.6 is 0 Å². The van der Waals surface area contributed by atoms with Crippen LogP contribution in [-0.2, 0) is 11.0 Å². The van der Waals surface area contributed by atoms with Crippen molar-refractivity contribution in [3.05, 3.63) is 83.4 Å². The molecule has 2 aliphatic heterocycles. The molecule has 0 spiro atoms. The molecule has 4 aromatic rings. The number of hydrogen-bond donors (Lipinski definition) is 1. The Morgan fingerprint density at radius 2 is 1.82 bits per heavy atom. The Bertz CT molecular complexity index is 1590. The number of benzene rings is 2. The van der Waals surface area contributed by atoms with Gasteiger partial charge >= 0.3 is 6.18 Å². The maximum Gasteiger partial charge on any atom is 0.416 e. The fourth-order valence-corrected chi connectivity index (χ4v) is 6.56. The lowest BCUT2D eigenvalue weighted by Crippen LogP contribution is -2.44. The van der Waals surface area contributed by atoms with E-state index in [4.69, 9.17) is 10.7 Å². The summed E-state index contributed by atoms with van der Waals surface area (Å²) in [6.45, 7) is 6.86. The molecule has 6 rings (SSSR count). The Balaban J connectivity index is 1.33. The van der Waals surface area contributed by atoms with Crippen molar-refractivity contribution in [3.63, 3.8) is 0 Å². The third-order valence-corrected chi connectivity index (χ3v) is 8.78. The molecule has 6 nitrogen and oxygen atoms in total. The van der Waals surface area contributed by atoms with Gasteiger partial charge in [0.2, 0.25) is 5.91 Å². The second-order valence-corrected chi connectivity index (χ2v) is 11.8. The van der Waals surface area contributed by atoms with Crippen LogP contribution in [-0.4, -0.2) is 37.8 Å². The van der Waals surface area contributed by atoms with E-state index >= 15 is 0 Å². The van der Waals surface area contributed by atoms with Crippen molar-refractivity contribution in [3.8, 4) is 11.3 Å². The summed E-state index contributed by atoms with van der Waals surface area (Å²) in [5.41, 5.74) is 9.43. The van der Waals surface area contributed by atoms with Gasteiger partial charge in [0.05, 0.1) is 5.56 Å². The molecule has 2 aliphatic rings. The monoisotopic (exact) mass is 547 g/mol. The number of amides is 1. The minimum Gasteiger partial charge on any atom is -0.382 e. The average molecular weight is 548 g/mol. The van der Waals surface area contributed by atoms with Gasteiger partial charge in [-0.25, -0.2) is 9.97 Å². The van der Waals surface area contributed by atoms with Crippen molar-refractivity contribution in [1.29, 1.82) is 0 Å². The number of fused-ring (bicyclic) bond motifs is 2. The van der Waals surface area contributed by atoms with Crippen molar-refractivity contribution in [2.45, 2.75) is 64.1 Å². The lowest BCUT2D eigenvalue weighted by atomic mass is 9.79. The van der Waals surface area contributed by atoms with E-state index in [-0.39, 0.29) is 29.2 Å². The van der Waals surface area contributed by atoms with Crippen LogP contribution in [0, 0.1) is 5.41 Å². The van der Waals surface area contributed by atoms with Gasteiger partial charge in [0, 0.05) is 48.8 Å². The van der Waals surface area contributed by atoms with Gasteiger partial charge in [-0.3, -0.25) is 9.20 Å². The number of nitrogens with zero attached hydrogens (tertiary/aromatic N) is 4. The van der Waals surface area contributed by atoms with Crippen LogP contribution in [0.4, 0.5) is 19.0 Å². The second kappa shape index (κ2) is 9.35. The van der Waals surface area contributed by atoms with Gasteiger partial charge in [-0.1, -0.05) is 63.2 Å². The Labute approximate surface area is 231 Å². The molecule has 0 unspecified atom stereocenters. The predicted octanol–water partition coefficient (Wildman–Crippen LogP) is 6.65. The van der Waals surface area contributed by atoms with Crippen LogP contribution in [0.3, 0.4) is 0 Å². The summed E-state index contributed by atoms with van der Waals surface area (Å²) in [6, 6.07) is 13.4. The summed E-state index contributed by atoms with van der Waals surface area (Å²) in [5.74, 6) is 1.26. The van der Waals surface area contributed by atoms with E-state index in [1.54, 1.807) is 12.3 Å². The molecular formula is C31H32F3N5O. The number of carbonyl (C=O) groups excluding carboxylic acids is 1. The van der Waals surface area contributed by atoms with Gasteiger partial charge in [-0.2, -0.15) is 13.2 Å². The van der Waals surface area contributed by atoms with Crippen LogP contribution in [0.15, 0.2) is 60.9 Å². The molecule has 0 aliphatic carbocycles. The number of hydrogen-bond acceptors (Lipinski definition) is 4. The van der Waals surface area contributed by atoms with Gasteiger partial charge in [0.25, 0.3) is 0 Å². The van der Waals surface area contributed by atoms with Crippen LogP contribution in [0.25, 0.3) is 16.8 Å². The maximum atomic E-state index is 13.2. The van der Waals surface area contributed by atoms with Crippen LogP contribution in [0.2, 0.25) is 0 Å². The largest absolute Gasteiger partial charge is 0.416 e. The molecule has 0 saturated carbocycles. The second-order valence-electron chi connectivity index (χ2n) is 11.8. The molecule has 0 radical (unpaired) electrons. The molecule has 1 amide bonds. The number of aromatic nitrogens is 3. The van der Waals surface area contributed by atoms with Crippen LogP contribution < -0.4 is 5.73 Å². The highest BCUT2D eigenvalue weighted by atomic mass is 19.4. The topological polar surface area (TPSA) is 76.5 Å². The Kier molecular flexibility index (Phi) is 6.16. The zero-order valence-corrected chi connectivity index (χ0v) is 22.7. The summed E-state index contributed by atoms with van der Waals surface area (Å²) in [4.78, 5) is 24.2. The maximum absolute atomic E-state index is 13.2. The standard InChI is InChI=1S/C31H32F3N5O/c1-18(21-5-4-6-23(15-21)31(32,33)34)19-7-9-20(10-8-19)26-27-28(35)36-13-14-38(27)29(37-26)22-11-12-24-30(2,3)16-25(40)39(24)17-22/h4-10,13-15,18,22,24H,11-12,16-17H2,1-3H3,(H2,35,36)/t18-,22-,24+/m0/s1. The quantitative estimate of drug-likeness (QED) is 0.310. The summed E-state index contributed by atoms with van der Waals surface area (Å²) in [6.07, 6.45) is 1.56. The molecule has 40 heavy (non-hydrogen) atoms. The van der Waals surface area contributed by atoms with Crippen LogP contribution in [0.1, 0.15) is 74.4 Å². The van der Waals surface area contributed by atoms with Gasteiger partial charge in [0.1, 0.15) is 22.9 Å². The van der Waals surface area contributed by atoms with Gasteiger partial charge in [-0.15, -0.1) is 0 Å². The Hall–Kier alpha value is -3.88. The number of carbonyl (C=O) groups is 1. The zero-order valence-electron chi connectivity index (χ0n) is 22.7. The third kappa shape index (κ3) is 4.41. The predicted molar refractivity (Wildman–Crippen MR) is 148 cm³/mol. The summed E-state index contributed by atoms with van der Waals surface area (Å²) >= 11 is 0. The normalized spacial score (nSPS) is 21.6. The van der Waals surface area contributed by atoms with E-state index in [2.05, 4.69) is 18.8 Å². The molecule has 2 fully saturated rings. The Morgan fingerprint density at radius 1 is 1.07 bits per heavy atom. The van der Waals surface area contributed by atoms with Gasteiger partial charge in [-0.05, 0) is 35.4 Å². The van der Waals surface area contributed by atoms with Crippen molar-refractivity contribution in [2.24, 2.45) is 5.41 Å². The average Bonchev–Trinajstić information content (AvgIpc) is 3.43. The first-order valence-corrected chi connectivity index (χ1v) is 13.6. The minimum atomic E-state index is -4.38. The molecule has 4 heterocycles. The summed E-state index contributed by atoms with van der Waals surface area (Å²) in [5, 5.41) is 0. The lowest BCUT2D eigenvalue weighted by molar-refractivity contribution is -0.137. The van der Waals surface area contributed by atoms with E-state index < -0.39 is 11.7 Å². The van der Waals surface area contributed by atoms with Crippen molar-refractivity contribution in [1.82, 2.24) is 19.3 Å². The fourth-order valence-electron chi connectivity index (χ4n) is 6.56. The molecule has 2 saturated heterocycles. The zero-order chi connectivity index (χ0) is 28.4. The first-order valence-electron chi connectivity index (χ1n) is 13.6. The molecule has 0 bridgehead atoms. The van der Waals surface area contributed by atoms with Crippen molar-refractivity contribution < 1.29 is 18.0 Å². The van der Waals surface area contributed by atoms with E-state index in [1.807, 2.05) is 46.7 Å². The minimum absolute atomic E-state index is 0.0246. The molecule has 3 atom stereocenters.